The first-order valence-electron chi connectivity index (χ1n) is 8.04. The Morgan fingerprint density at radius 3 is 2.72 bits per heavy atom. The second-order valence-electron chi connectivity index (χ2n) is 6.27. The first-order chi connectivity index (χ1) is 12.1. The van der Waals surface area contributed by atoms with Crippen molar-refractivity contribution >= 4 is 17.6 Å². The molecule has 0 spiro atoms. The fraction of sp³-hybridized carbons (Fsp3) is 0.263. The van der Waals surface area contributed by atoms with Gasteiger partial charge < -0.3 is 19.5 Å². The number of amides is 1. The molecule has 1 amide bonds. The predicted molar refractivity (Wildman–Crippen MR) is 90.0 cm³/mol. The van der Waals surface area contributed by atoms with E-state index < -0.39 is 23.7 Å². The minimum Gasteiger partial charge on any atom is -0.481 e. The average molecular weight is 339 g/mol. The lowest BCUT2D eigenvalue weighted by molar-refractivity contribution is -0.147. The monoisotopic (exact) mass is 339 g/mol. The van der Waals surface area contributed by atoms with E-state index in [0.29, 0.717) is 17.9 Å². The van der Waals surface area contributed by atoms with Gasteiger partial charge in [-0.2, -0.15) is 0 Å². The van der Waals surface area contributed by atoms with Gasteiger partial charge in [-0.1, -0.05) is 24.3 Å². The number of para-hydroxylation sites is 1. The van der Waals surface area contributed by atoms with Crippen LogP contribution >= 0.6 is 0 Å². The second kappa shape index (κ2) is 5.81. The van der Waals surface area contributed by atoms with Crippen molar-refractivity contribution < 1.29 is 24.2 Å². The summed E-state index contributed by atoms with van der Waals surface area (Å²) in [7, 11) is 1.62. The van der Waals surface area contributed by atoms with Gasteiger partial charge in [-0.3, -0.25) is 9.59 Å². The number of carboxylic acid groups (broad SMARTS) is 1. The molecule has 2 unspecified atom stereocenters. The number of ether oxygens (including phenoxy) is 2. The summed E-state index contributed by atoms with van der Waals surface area (Å²) in [6, 6.07) is 12.9. The Balaban J connectivity index is 1.83. The van der Waals surface area contributed by atoms with E-state index in [4.69, 9.17) is 9.47 Å². The normalized spacial score (nSPS) is 21.6. The smallest absolute Gasteiger partial charge is 0.316 e. The van der Waals surface area contributed by atoms with Gasteiger partial charge in [-0.05, 0) is 35.7 Å². The van der Waals surface area contributed by atoms with Crippen molar-refractivity contribution in [2.45, 2.75) is 12.3 Å². The summed E-state index contributed by atoms with van der Waals surface area (Å²) < 4.78 is 10.7. The molecule has 0 radical (unpaired) electrons. The molecule has 0 aromatic heterocycles. The van der Waals surface area contributed by atoms with Gasteiger partial charge in [-0.25, -0.2) is 0 Å². The van der Waals surface area contributed by atoms with E-state index in [-0.39, 0.29) is 6.79 Å². The number of fused-ring (bicyclic) bond motifs is 2. The highest BCUT2D eigenvalue weighted by atomic mass is 16.7. The van der Waals surface area contributed by atoms with Gasteiger partial charge >= 0.3 is 5.97 Å². The fourth-order valence-electron chi connectivity index (χ4n) is 3.60. The van der Waals surface area contributed by atoms with E-state index >= 15 is 0 Å². The van der Waals surface area contributed by atoms with Crippen LogP contribution in [0.4, 0.5) is 5.69 Å². The maximum absolute atomic E-state index is 12.9. The Hall–Kier alpha value is -3.02. The molecule has 128 valence electrons. The quantitative estimate of drug-likeness (QED) is 0.851. The van der Waals surface area contributed by atoms with E-state index in [1.807, 2.05) is 30.3 Å². The minimum atomic E-state index is -1.15. The average Bonchev–Trinajstić information content (AvgIpc) is 3.04. The highest BCUT2D eigenvalue weighted by Crippen LogP contribution is 2.41. The molecular weight excluding hydrogens is 322 g/mol. The van der Waals surface area contributed by atoms with Crippen LogP contribution in [0.3, 0.4) is 0 Å². The zero-order valence-electron chi connectivity index (χ0n) is 13.6. The molecular formula is C19H17NO5. The molecule has 2 aliphatic rings. The Morgan fingerprint density at radius 2 is 1.92 bits per heavy atom. The molecule has 0 bridgehead atoms. The number of carbonyl (C=O) groups excluding carboxylic acids is 1. The molecule has 0 saturated carbocycles. The van der Waals surface area contributed by atoms with Crippen LogP contribution in [-0.4, -0.2) is 30.8 Å². The lowest BCUT2D eigenvalue weighted by Crippen LogP contribution is -2.39. The third-order valence-corrected chi connectivity index (χ3v) is 4.88. The number of hydrogen-bond acceptors (Lipinski definition) is 4. The Bertz CT molecular complexity index is 863. The van der Waals surface area contributed by atoms with E-state index in [0.717, 1.165) is 16.8 Å². The highest BCUT2D eigenvalue weighted by Gasteiger charge is 2.41. The van der Waals surface area contributed by atoms with Crippen molar-refractivity contribution in [3.05, 3.63) is 53.6 Å². The summed E-state index contributed by atoms with van der Waals surface area (Å²) in [5, 5.41) is 9.75. The molecule has 0 saturated heterocycles. The Morgan fingerprint density at radius 1 is 1.16 bits per heavy atom. The largest absolute Gasteiger partial charge is 0.481 e. The molecule has 2 aliphatic heterocycles. The number of aliphatic carboxylic acids is 1. The molecule has 0 aliphatic carbocycles. The number of anilines is 1. The van der Waals surface area contributed by atoms with Crippen molar-refractivity contribution in [1.29, 1.82) is 0 Å². The zero-order chi connectivity index (χ0) is 17.6. The van der Waals surface area contributed by atoms with Gasteiger partial charge in [0.2, 0.25) is 12.7 Å². The first-order valence-corrected chi connectivity index (χ1v) is 8.04. The fourth-order valence-corrected chi connectivity index (χ4v) is 3.60. The molecule has 2 atom stereocenters. The standard InChI is InChI=1S/C19H17NO5/c1-20-14-5-3-2-4-12(14)8-13(17(18(20)21)19(22)23)11-6-7-15-16(9-11)25-10-24-15/h2-7,9,13,17H,8,10H2,1H3,(H,22,23). The van der Waals surface area contributed by atoms with Crippen molar-refractivity contribution in [2.75, 3.05) is 18.7 Å². The van der Waals surface area contributed by atoms with Crippen molar-refractivity contribution in [3.63, 3.8) is 0 Å². The van der Waals surface area contributed by atoms with Crippen molar-refractivity contribution in [2.24, 2.45) is 5.92 Å². The number of hydrogen-bond donors (Lipinski definition) is 1. The van der Waals surface area contributed by atoms with E-state index in [2.05, 4.69) is 0 Å². The second-order valence-corrected chi connectivity index (χ2v) is 6.27. The molecule has 0 fully saturated rings. The van der Waals surface area contributed by atoms with Gasteiger partial charge in [0, 0.05) is 18.7 Å². The van der Waals surface area contributed by atoms with Crippen LogP contribution in [0.2, 0.25) is 0 Å². The molecule has 1 N–H and O–H groups in total. The van der Waals surface area contributed by atoms with Crippen molar-refractivity contribution in [3.8, 4) is 11.5 Å². The van der Waals surface area contributed by atoms with Crippen LogP contribution in [0.25, 0.3) is 0 Å². The molecule has 25 heavy (non-hydrogen) atoms. The number of carboxylic acids is 1. The summed E-state index contributed by atoms with van der Waals surface area (Å²) in [6.45, 7) is 0.149. The maximum atomic E-state index is 12.9. The van der Waals surface area contributed by atoms with Crippen LogP contribution in [0, 0.1) is 5.92 Å². The van der Waals surface area contributed by atoms with Crippen LogP contribution in [-0.2, 0) is 16.0 Å². The third-order valence-electron chi connectivity index (χ3n) is 4.88. The zero-order valence-corrected chi connectivity index (χ0v) is 13.6. The van der Waals surface area contributed by atoms with Crippen LogP contribution in [0.5, 0.6) is 11.5 Å². The topological polar surface area (TPSA) is 76.1 Å². The summed E-state index contributed by atoms with van der Waals surface area (Å²) in [5.41, 5.74) is 2.46. The predicted octanol–water partition coefficient (Wildman–Crippen LogP) is 2.42. The molecule has 2 aromatic rings. The summed E-state index contributed by atoms with van der Waals surface area (Å²) in [5.74, 6) is -1.95. The van der Waals surface area contributed by atoms with Crippen LogP contribution in [0.1, 0.15) is 17.0 Å². The lowest BCUT2D eigenvalue weighted by Gasteiger charge is -2.23. The first kappa shape index (κ1) is 15.5. The van der Waals surface area contributed by atoms with Crippen LogP contribution < -0.4 is 14.4 Å². The van der Waals surface area contributed by atoms with E-state index in [1.54, 1.807) is 19.2 Å². The number of nitrogens with zero attached hydrogens (tertiary/aromatic N) is 1. The summed E-state index contributed by atoms with van der Waals surface area (Å²) in [6.07, 6.45) is 0.461. The highest BCUT2D eigenvalue weighted by molar-refractivity contribution is 6.07. The van der Waals surface area contributed by atoms with Crippen LogP contribution in [0.15, 0.2) is 42.5 Å². The molecule has 4 rings (SSSR count). The summed E-state index contributed by atoms with van der Waals surface area (Å²) >= 11 is 0. The van der Waals surface area contributed by atoms with E-state index in [9.17, 15) is 14.7 Å². The Labute approximate surface area is 144 Å². The van der Waals surface area contributed by atoms with E-state index in [1.165, 1.54) is 4.90 Å². The van der Waals surface area contributed by atoms with Gasteiger partial charge in [0.05, 0.1) is 0 Å². The molecule has 6 nitrogen and oxygen atoms in total. The van der Waals surface area contributed by atoms with Gasteiger partial charge in [0.25, 0.3) is 0 Å². The number of carbonyl (C=O) groups is 2. The van der Waals surface area contributed by atoms with Gasteiger partial charge in [-0.15, -0.1) is 0 Å². The number of benzene rings is 2. The summed E-state index contributed by atoms with van der Waals surface area (Å²) in [4.78, 5) is 26.2. The molecule has 6 heteroatoms. The molecule has 2 aromatic carbocycles. The lowest BCUT2D eigenvalue weighted by atomic mass is 9.81. The van der Waals surface area contributed by atoms with Gasteiger partial charge in [0.15, 0.2) is 11.5 Å². The third kappa shape index (κ3) is 2.50. The van der Waals surface area contributed by atoms with Gasteiger partial charge in [0.1, 0.15) is 5.92 Å². The Kier molecular flexibility index (Phi) is 3.60. The molecule has 2 heterocycles. The van der Waals surface area contributed by atoms with Crippen molar-refractivity contribution in [1.82, 2.24) is 0 Å². The minimum absolute atomic E-state index is 0.149. The SMILES string of the molecule is CN1C(=O)C(C(=O)O)C(c2ccc3c(c2)OCO3)Cc2ccccc21. The maximum Gasteiger partial charge on any atom is 0.316 e. The number of rotatable bonds is 2.